The van der Waals surface area contributed by atoms with Crippen molar-refractivity contribution in [2.24, 2.45) is 5.41 Å². The molecule has 2 aliphatic heterocycles. The largest absolute Gasteiger partial charge is 0.391 e. The Balaban J connectivity index is 1.46. The molecule has 3 aromatic rings. The maximum Gasteiger partial charge on any atom is 0.292 e. The third-order valence-electron chi connectivity index (χ3n) is 7.59. The summed E-state index contributed by atoms with van der Waals surface area (Å²) in [5.41, 5.74) is 1.61. The highest BCUT2D eigenvalue weighted by Gasteiger charge is 2.53. The zero-order chi connectivity index (χ0) is 26.2. The van der Waals surface area contributed by atoms with Crippen LogP contribution < -0.4 is 0 Å². The van der Waals surface area contributed by atoms with Crippen LogP contribution >= 0.6 is 11.6 Å². The zero-order valence-electron chi connectivity index (χ0n) is 21.1. The predicted octanol–water partition coefficient (Wildman–Crippen LogP) is 5.21. The molecule has 0 aliphatic carbocycles. The molecular weight excluding hydrogens is 490 g/mol. The number of piperidine rings is 2. The van der Waals surface area contributed by atoms with Gasteiger partial charge in [-0.2, -0.15) is 0 Å². The number of likely N-dealkylation sites (tertiary alicyclic amines) is 2. The summed E-state index contributed by atoms with van der Waals surface area (Å²) in [5, 5.41) is 16.1. The van der Waals surface area contributed by atoms with Gasteiger partial charge in [-0.05, 0) is 48.4 Å². The third-order valence-corrected chi connectivity index (χ3v) is 7.83. The van der Waals surface area contributed by atoms with Crippen LogP contribution in [-0.4, -0.2) is 51.1 Å². The molecule has 0 bridgehead atoms. The number of hydrogen-bond acceptors (Lipinski definition) is 5. The molecule has 3 atom stereocenters. The van der Waals surface area contributed by atoms with E-state index in [1.165, 1.54) is 0 Å². The first-order valence-corrected chi connectivity index (χ1v) is 13.2. The number of aromatic nitrogens is 1. The minimum atomic E-state index is -0.877. The lowest BCUT2D eigenvalue weighted by Gasteiger charge is -2.51. The van der Waals surface area contributed by atoms with Crippen LogP contribution in [0.1, 0.15) is 72.4 Å². The molecule has 2 aliphatic rings. The molecule has 0 saturated carbocycles. The second-order valence-electron chi connectivity index (χ2n) is 10.6. The van der Waals surface area contributed by atoms with Crippen molar-refractivity contribution in [2.45, 2.75) is 57.7 Å². The van der Waals surface area contributed by atoms with E-state index in [1.807, 2.05) is 62.4 Å². The summed E-state index contributed by atoms with van der Waals surface area (Å²) in [6, 6.07) is 18.3. The fourth-order valence-corrected chi connectivity index (χ4v) is 5.97. The molecule has 5 rings (SSSR count). The Hall–Kier alpha value is -3.16. The predicted molar refractivity (Wildman–Crippen MR) is 140 cm³/mol. The van der Waals surface area contributed by atoms with Gasteiger partial charge in [0.15, 0.2) is 0 Å². The first kappa shape index (κ1) is 25.5. The molecule has 37 heavy (non-hydrogen) atoms. The lowest BCUT2D eigenvalue weighted by atomic mass is 9.69. The maximum atomic E-state index is 14.3. The molecule has 2 amide bonds. The van der Waals surface area contributed by atoms with E-state index in [1.54, 1.807) is 21.9 Å². The van der Waals surface area contributed by atoms with E-state index in [-0.39, 0.29) is 36.5 Å². The van der Waals surface area contributed by atoms with E-state index in [4.69, 9.17) is 16.1 Å². The number of aliphatic hydroxyl groups is 1. The number of nitrogens with zero attached hydrogens (tertiary/aromatic N) is 3. The lowest BCUT2D eigenvalue weighted by molar-refractivity contribution is -0.165. The van der Waals surface area contributed by atoms with Crippen molar-refractivity contribution in [1.29, 1.82) is 0 Å². The van der Waals surface area contributed by atoms with E-state index in [0.29, 0.717) is 31.0 Å². The van der Waals surface area contributed by atoms with E-state index in [0.717, 1.165) is 16.8 Å². The molecule has 1 spiro atoms. The minimum Gasteiger partial charge on any atom is -0.391 e. The summed E-state index contributed by atoms with van der Waals surface area (Å²) >= 11 is 6.25. The van der Waals surface area contributed by atoms with Gasteiger partial charge in [-0.15, -0.1) is 0 Å². The smallest absolute Gasteiger partial charge is 0.292 e. The molecule has 0 radical (unpaired) electrons. The van der Waals surface area contributed by atoms with Crippen molar-refractivity contribution in [2.75, 3.05) is 13.1 Å². The summed E-state index contributed by atoms with van der Waals surface area (Å²) in [5.74, 6) is 0.00226. The summed E-state index contributed by atoms with van der Waals surface area (Å²) in [7, 11) is 0. The van der Waals surface area contributed by atoms with Crippen LogP contribution in [0.15, 0.2) is 65.2 Å². The van der Waals surface area contributed by atoms with Crippen molar-refractivity contribution in [3.8, 4) is 0 Å². The van der Waals surface area contributed by atoms with Crippen molar-refractivity contribution >= 4 is 23.4 Å². The normalized spacial score (nSPS) is 24.2. The van der Waals surface area contributed by atoms with Gasteiger partial charge < -0.3 is 19.4 Å². The molecule has 3 heterocycles. The van der Waals surface area contributed by atoms with Crippen molar-refractivity contribution in [3.63, 3.8) is 0 Å². The second kappa shape index (κ2) is 10.3. The van der Waals surface area contributed by atoms with Gasteiger partial charge in [-0.1, -0.05) is 73.1 Å². The number of carbonyl (C=O) groups is 2. The standard InChI is InChI=1S/C29H32ClN3O4/c1-19(2)23-15-25(37-31-23)27(35)32-13-7-12-29(18-32)16-24(34)26(21-9-4-3-5-10-21)33(28(29)36)17-20-8-6-11-22(30)14-20/h3-6,8-11,14-15,19,24,26,34H,7,12-13,16-18H2,1-2H3/t24-,26+,29+/m1/s1. The first-order chi connectivity index (χ1) is 17.8. The van der Waals surface area contributed by atoms with Crippen molar-refractivity contribution in [1.82, 2.24) is 15.0 Å². The molecule has 0 unspecified atom stereocenters. The SMILES string of the molecule is CC(C)c1cc(C(=O)N2CCC[C@]3(C[C@@H](O)[C@H](c4ccccc4)N(Cc4cccc(Cl)c4)C3=O)C2)on1. The Labute approximate surface area is 222 Å². The van der Waals surface area contributed by atoms with Gasteiger partial charge >= 0.3 is 0 Å². The van der Waals surface area contributed by atoms with Crippen LogP contribution in [-0.2, 0) is 11.3 Å². The fourth-order valence-electron chi connectivity index (χ4n) is 5.76. The van der Waals surface area contributed by atoms with Gasteiger partial charge in [0.2, 0.25) is 11.7 Å². The lowest BCUT2D eigenvalue weighted by Crippen LogP contribution is -2.61. The van der Waals surface area contributed by atoms with Crippen molar-refractivity contribution < 1.29 is 19.2 Å². The van der Waals surface area contributed by atoms with E-state index >= 15 is 0 Å². The Bertz CT molecular complexity index is 1280. The van der Waals surface area contributed by atoms with Crippen LogP contribution in [0.2, 0.25) is 5.02 Å². The first-order valence-electron chi connectivity index (χ1n) is 12.8. The summed E-state index contributed by atoms with van der Waals surface area (Å²) < 4.78 is 5.35. The molecule has 7 nitrogen and oxygen atoms in total. The van der Waals surface area contributed by atoms with Crippen LogP contribution in [0.25, 0.3) is 0 Å². The molecule has 194 valence electrons. The number of halogens is 1. The van der Waals surface area contributed by atoms with Crippen LogP contribution in [0.4, 0.5) is 0 Å². The Morgan fingerprint density at radius 1 is 1.19 bits per heavy atom. The third kappa shape index (κ3) is 5.03. The Morgan fingerprint density at radius 3 is 2.68 bits per heavy atom. The van der Waals surface area contributed by atoms with Gasteiger partial charge in [-0.3, -0.25) is 9.59 Å². The number of amides is 2. The highest BCUT2D eigenvalue weighted by molar-refractivity contribution is 6.30. The fraction of sp³-hybridized carbons (Fsp3) is 0.414. The van der Waals surface area contributed by atoms with Gasteiger partial charge in [0.25, 0.3) is 5.91 Å². The number of rotatable bonds is 5. The van der Waals surface area contributed by atoms with Crippen LogP contribution in [0.5, 0.6) is 0 Å². The molecule has 1 aromatic heterocycles. The Morgan fingerprint density at radius 2 is 1.97 bits per heavy atom. The summed E-state index contributed by atoms with van der Waals surface area (Å²) in [6.07, 6.45) is 0.770. The highest BCUT2D eigenvalue weighted by Crippen LogP contribution is 2.46. The van der Waals surface area contributed by atoms with E-state index in [9.17, 15) is 14.7 Å². The highest BCUT2D eigenvalue weighted by atomic mass is 35.5. The number of benzene rings is 2. The minimum absolute atomic E-state index is 0.0513. The maximum absolute atomic E-state index is 14.3. The molecule has 8 heteroatoms. The topological polar surface area (TPSA) is 86.9 Å². The molecule has 2 aromatic carbocycles. The van der Waals surface area contributed by atoms with Gasteiger partial charge in [-0.25, -0.2) is 0 Å². The molecule has 2 fully saturated rings. The van der Waals surface area contributed by atoms with Gasteiger partial charge in [0, 0.05) is 30.7 Å². The summed E-state index contributed by atoms with van der Waals surface area (Å²) in [4.78, 5) is 31.1. The second-order valence-corrected chi connectivity index (χ2v) is 11.0. The van der Waals surface area contributed by atoms with Gasteiger partial charge in [0.05, 0.1) is 23.3 Å². The molecular formula is C29H32ClN3O4. The van der Waals surface area contributed by atoms with Crippen LogP contribution in [0.3, 0.4) is 0 Å². The quantitative estimate of drug-likeness (QED) is 0.498. The average molecular weight is 522 g/mol. The number of hydrogen-bond donors (Lipinski definition) is 1. The average Bonchev–Trinajstić information content (AvgIpc) is 3.38. The number of carbonyl (C=O) groups excluding carboxylic acids is 2. The van der Waals surface area contributed by atoms with Crippen LogP contribution in [0, 0.1) is 5.41 Å². The van der Waals surface area contributed by atoms with Gasteiger partial charge in [0.1, 0.15) is 0 Å². The number of aliphatic hydroxyl groups excluding tert-OH is 1. The van der Waals surface area contributed by atoms with Crippen molar-refractivity contribution in [3.05, 3.63) is 88.3 Å². The monoisotopic (exact) mass is 521 g/mol. The Kier molecular flexibility index (Phi) is 7.10. The van der Waals surface area contributed by atoms with E-state index in [2.05, 4.69) is 5.16 Å². The molecule has 2 saturated heterocycles. The van der Waals surface area contributed by atoms with E-state index < -0.39 is 17.6 Å². The summed E-state index contributed by atoms with van der Waals surface area (Å²) in [6.45, 7) is 5.04. The zero-order valence-corrected chi connectivity index (χ0v) is 21.9. The molecule has 1 N–H and O–H groups in total.